The first-order valence-corrected chi connectivity index (χ1v) is 5.60. The number of aromatic carboxylic acids is 1. The van der Waals surface area contributed by atoms with Crippen LogP contribution in [-0.2, 0) is 0 Å². The van der Waals surface area contributed by atoms with Crippen LogP contribution < -0.4 is 4.74 Å². The SMILES string of the molecule is CCCCOc1ccc(Br)c(C(=O)O)c1. The van der Waals surface area contributed by atoms with Crippen LogP contribution in [0.2, 0.25) is 0 Å². The van der Waals surface area contributed by atoms with Crippen molar-refractivity contribution in [3.63, 3.8) is 0 Å². The van der Waals surface area contributed by atoms with E-state index < -0.39 is 5.97 Å². The van der Waals surface area contributed by atoms with E-state index in [0.29, 0.717) is 16.8 Å². The van der Waals surface area contributed by atoms with E-state index in [4.69, 9.17) is 9.84 Å². The predicted octanol–water partition coefficient (Wildman–Crippen LogP) is 3.33. The van der Waals surface area contributed by atoms with Gasteiger partial charge < -0.3 is 9.84 Å². The standard InChI is InChI=1S/C11H13BrO3/c1-2-3-6-15-8-4-5-10(12)9(7-8)11(13)14/h4-5,7H,2-3,6H2,1H3,(H,13,14). The van der Waals surface area contributed by atoms with E-state index in [9.17, 15) is 4.79 Å². The molecule has 1 aromatic carbocycles. The van der Waals surface area contributed by atoms with Crippen molar-refractivity contribution in [3.05, 3.63) is 28.2 Å². The molecule has 15 heavy (non-hydrogen) atoms. The molecule has 0 amide bonds. The number of hydrogen-bond donors (Lipinski definition) is 1. The van der Waals surface area contributed by atoms with Crippen molar-refractivity contribution in [2.45, 2.75) is 19.8 Å². The molecule has 0 saturated carbocycles. The fourth-order valence-corrected chi connectivity index (χ4v) is 1.51. The third kappa shape index (κ3) is 3.55. The summed E-state index contributed by atoms with van der Waals surface area (Å²) in [6, 6.07) is 4.97. The Labute approximate surface area is 97.2 Å². The molecule has 0 spiro atoms. The lowest BCUT2D eigenvalue weighted by atomic mass is 10.2. The van der Waals surface area contributed by atoms with E-state index in [1.165, 1.54) is 6.07 Å². The van der Waals surface area contributed by atoms with E-state index in [-0.39, 0.29) is 5.56 Å². The average Bonchev–Trinajstić information content (AvgIpc) is 2.20. The van der Waals surface area contributed by atoms with Crippen LogP contribution in [0, 0.1) is 0 Å². The number of carbonyl (C=O) groups is 1. The lowest BCUT2D eigenvalue weighted by Gasteiger charge is -2.06. The molecule has 1 aromatic rings. The molecule has 0 aliphatic rings. The molecule has 0 atom stereocenters. The molecule has 0 aliphatic heterocycles. The predicted molar refractivity (Wildman–Crippen MR) is 61.5 cm³/mol. The highest BCUT2D eigenvalue weighted by atomic mass is 79.9. The van der Waals surface area contributed by atoms with Crippen LogP contribution in [0.3, 0.4) is 0 Å². The fraction of sp³-hybridized carbons (Fsp3) is 0.364. The lowest BCUT2D eigenvalue weighted by Crippen LogP contribution is -2.01. The number of benzene rings is 1. The summed E-state index contributed by atoms with van der Waals surface area (Å²) in [6.07, 6.45) is 2.03. The number of carboxylic acid groups (broad SMARTS) is 1. The summed E-state index contributed by atoms with van der Waals surface area (Å²) >= 11 is 3.18. The molecule has 4 heteroatoms. The molecule has 0 aromatic heterocycles. The van der Waals surface area contributed by atoms with Crippen LogP contribution in [0.4, 0.5) is 0 Å². The lowest BCUT2D eigenvalue weighted by molar-refractivity contribution is 0.0695. The van der Waals surface area contributed by atoms with Gasteiger partial charge in [0.1, 0.15) is 5.75 Å². The van der Waals surface area contributed by atoms with Gasteiger partial charge in [-0.3, -0.25) is 0 Å². The van der Waals surface area contributed by atoms with Crippen molar-refractivity contribution < 1.29 is 14.6 Å². The van der Waals surface area contributed by atoms with Gasteiger partial charge in [0.05, 0.1) is 12.2 Å². The quantitative estimate of drug-likeness (QED) is 0.837. The Balaban J connectivity index is 2.74. The first kappa shape index (κ1) is 12.0. The zero-order valence-electron chi connectivity index (χ0n) is 8.50. The molecular formula is C11H13BrO3. The van der Waals surface area contributed by atoms with Gasteiger partial charge in [0.25, 0.3) is 0 Å². The summed E-state index contributed by atoms with van der Waals surface area (Å²) in [7, 11) is 0. The molecule has 0 fully saturated rings. The smallest absolute Gasteiger partial charge is 0.336 e. The average molecular weight is 273 g/mol. The number of halogens is 1. The molecule has 1 rings (SSSR count). The maximum absolute atomic E-state index is 10.8. The Hall–Kier alpha value is -1.03. The normalized spacial score (nSPS) is 10.0. The van der Waals surface area contributed by atoms with Gasteiger partial charge in [-0.15, -0.1) is 0 Å². The Kier molecular flexibility index (Phi) is 4.62. The summed E-state index contributed by atoms with van der Waals surface area (Å²) in [6.45, 7) is 2.70. The van der Waals surface area contributed by atoms with E-state index in [1.54, 1.807) is 12.1 Å². The second-order valence-electron chi connectivity index (χ2n) is 3.15. The topological polar surface area (TPSA) is 46.5 Å². The summed E-state index contributed by atoms with van der Waals surface area (Å²) in [5.74, 6) is -0.355. The fourth-order valence-electron chi connectivity index (χ4n) is 1.09. The summed E-state index contributed by atoms with van der Waals surface area (Å²) in [5.41, 5.74) is 0.226. The van der Waals surface area contributed by atoms with Gasteiger partial charge in [0, 0.05) is 4.47 Å². The number of rotatable bonds is 5. The van der Waals surface area contributed by atoms with Crippen LogP contribution >= 0.6 is 15.9 Å². The van der Waals surface area contributed by atoms with E-state index in [0.717, 1.165) is 12.8 Å². The maximum Gasteiger partial charge on any atom is 0.336 e. The van der Waals surface area contributed by atoms with Gasteiger partial charge in [-0.05, 0) is 40.5 Å². The Bertz CT molecular complexity index is 350. The molecule has 0 radical (unpaired) electrons. The molecule has 1 N–H and O–H groups in total. The summed E-state index contributed by atoms with van der Waals surface area (Å²) < 4.78 is 5.98. The Morgan fingerprint density at radius 2 is 2.27 bits per heavy atom. The highest BCUT2D eigenvalue weighted by Crippen LogP contribution is 2.22. The van der Waals surface area contributed by atoms with Gasteiger partial charge in [0.15, 0.2) is 0 Å². The first-order chi connectivity index (χ1) is 7.15. The number of hydrogen-bond acceptors (Lipinski definition) is 2. The molecule has 82 valence electrons. The van der Waals surface area contributed by atoms with Gasteiger partial charge >= 0.3 is 5.97 Å². The van der Waals surface area contributed by atoms with Crippen LogP contribution in [0.1, 0.15) is 30.1 Å². The Morgan fingerprint density at radius 1 is 1.53 bits per heavy atom. The van der Waals surface area contributed by atoms with Gasteiger partial charge in [-0.1, -0.05) is 13.3 Å². The molecule has 0 aliphatic carbocycles. The second-order valence-corrected chi connectivity index (χ2v) is 4.00. The third-order valence-electron chi connectivity index (χ3n) is 1.93. The molecule has 0 bridgehead atoms. The van der Waals surface area contributed by atoms with E-state index >= 15 is 0 Å². The van der Waals surface area contributed by atoms with Crippen molar-refractivity contribution >= 4 is 21.9 Å². The van der Waals surface area contributed by atoms with Crippen LogP contribution in [0.5, 0.6) is 5.75 Å². The van der Waals surface area contributed by atoms with Gasteiger partial charge in [-0.2, -0.15) is 0 Å². The van der Waals surface area contributed by atoms with E-state index in [1.807, 2.05) is 0 Å². The van der Waals surface area contributed by atoms with Crippen LogP contribution in [-0.4, -0.2) is 17.7 Å². The summed E-state index contributed by atoms with van der Waals surface area (Å²) in [5, 5.41) is 8.88. The number of unbranched alkanes of at least 4 members (excludes halogenated alkanes) is 1. The van der Waals surface area contributed by atoms with Crippen LogP contribution in [0.15, 0.2) is 22.7 Å². The van der Waals surface area contributed by atoms with Crippen molar-refractivity contribution in [2.24, 2.45) is 0 Å². The minimum absolute atomic E-state index is 0.226. The number of carboxylic acids is 1. The van der Waals surface area contributed by atoms with Crippen molar-refractivity contribution in [1.29, 1.82) is 0 Å². The second kappa shape index (κ2) is 5.75. The molecule has 0 heterocycles. The van der Waals surface area contributed by atoms with E-state index in [2.05, 4.69) is 22.9 Å². The zero-order chi connectivity index (χ0) is 11.3. The van der Waals surface area contributed by atoms with Crippen LogP contribution in [0.25, 0.3) is 0 Å². The largest absolute Gasteiger partial charge is 0.494 e. The molecule has 0 saturated heterocycles. The zero-order valence-corrected chi connectivity index (χ0v) is 10.1. The van der Waals surface area contributed by atoms with Crippen molar-refractivity contribution in [2.75, 3.05) is 6.61 Å². The minimum Gasteiger partial charge on any atom is -0.494 e. The highest BCUT2D eigenvalue weighted by molar-refractivity contribution is 9.10. The number of ether oxygens (including phenoxy) is 1. The maximum atomic E-state index is 10.8. The molecule has 3 nitrogen and oxygen atoms in total. The first-order valence-electron chi connectivity index (χ1n) is 4.80. The minimum atomic E-state index is -0.956. The van der Waals surface area contributed by atoms with Gasteiger partial charge in [-0.25, -0.2) is 4.79 Å². The van der Waals surface area contributed by atoms with Crippen molar-refractivity contribution in [1.82, 2.24) is 0 Å². The van der Waals surface area contributed by atoms with Crippen molar-refractivity contribution in [3.8, 4) is 5.75 Å². The monoisotopic (exact) mass is 272 g/mol. The third-order valence-corrected chi connectivity index (χ3v) is 2.63. The highest BCUT2D eigenvalue weighted by Gasteiger charge is 2.09. The van der Waals surface area contributed by atoms with Gasteiger partial charge in [0.2, 0.25) is 0 Å². The molecular weight excluding hydrogens is 260 g/mol. The molecule has 0 unspecified atom stereocenters. The Morgan fingerprint density at radius 3 is 2.87 bits per heavy atom. The summed E-state index contributed by atoms with van der Waals surface area (Å²) in [4.78, 5) is 10.8.